The van der Waals surface area contributed by atoms with Gasteiger partial charge in [0.1, 0.15) is 0 Å². The highest BCUT2D eigenvalue weighted by molar-refractivity contribution is 6.15. The Kier molecular flexibility index (Phi) is 7.11. The number of aromatic nitrogens is 1. The molecule has 0 saturated carbocycles. The smallest absolute Gasteiger partial charge is 0.0749 e. The Morgan fingerprint density at radius 1 is 0.385 bits per heavy atom. The first-order valence-corrected chi connectivity index (χ1v) is 23.1. The standard InChI is InChI=1S/C64H41N/c1-3-15-39(16-4-1)41-20-13-22-43(35-41)55-37-44-19-7-8-24-47(44)51-31-32-52-48-25-9-11-27-56(48)64-57-38-45(59(55)60(51)61(52)64)29-30-49(57)53-33-34-54-50-26-10-12-28-58(50)65(63(54)62(53)64)46-23-14-21-42(36-46)40-17-5-2-6-18-40/h1-36,38,55,59H,37H2. The summed E-state index contributed by atoms with van der Waals surface area (Å²) in [6, 6.07) is 85.6. The van der Waals surface area contributed by atoms with Gasteiger partial charge < -0.3 is 4.57 Å². The molecule has 0 saturated heterocycles. The van der Waals surface area contributed by atoms with E-state index in [-0.39, 0.29) is 11.8 Å². The second-order valence-electron chi connectivity index (χ2n) is 18.6. The molecule has 65 heavy (non-hydrogen) atoms. The topological polar surface area (TPSA) is 4.93 Å². The third-order valence-corrected chi connectivity index (χ3v) is 15.6. The van der Waals surface area contributed by atoms with Crippen LogP contribution in [0.2, 0.25) is 0 Å². The first kappa shape index (κ1) is 35.5. The quantitative estimate of drug-likeness (QED) is 0.167. The highest BCUT2D eigenvalue weighted by atomic mass is 15.0. The van der Waals surface area contributed by atoms with Crippen LogP contribution in [0.25, 0.3) is 83.1 Å². The van der Waals surface area contributed by atoms with Crippen LogP contribution < -0.4 is 0 Å². The van der Waals surface area contributed by atoms with Crippen LogP contribution in [0, 0.1) is 0 Å². The molecule has 0 amide bonds. The summed E-state index contributed by atoms with van der Waals surface area (Å²) in [6.45, 7) is 0. The number of hydrogen-bond donors (Lipinski definition) is 0. The van der Waals surface area contributed by atoms with Gasteiger partial charge in [0.2, 0.25) is 0 Å². The van der Waals surface area contributed by atoms with E-state index in [1.54, 1.807) is 0 Å². The second kappa shape index (κ2) is 13.0. The van der Waals surface area contributed by atoms with E-state index in [9.17, 15) is 0 Å². The highest BCUT2D eigenvalue weighted by Crippen LogP contribution is 2.69. The lowest BCUT2D eigenvalue weighted by molar-refractivity contribution is 0.605. The summed E-state index contributed by atoms with van der Waals surface area (Å²) < 4.78 is 2.61. The molecule has 0 aliphatic heterocycles. The molecule has 11 aromatic rings. The lowest BCUT2D eigenvalue weighted by Crippen LogP contribution is -2.28. The predicted octanol–water partition coefficient (Wildman–Crippen LogP) is 15.9. The Hall–Kier alpha value is -8.00. The SMILES string of the molecule is c1ccc(-c2cccc(C3Cc4ccccc4-c4ccc5c6c4C3c3ccc4c(c3)C6(c3ccccc3-5)c3c-4ccc4c5ccccc5n(-c5cccc(-c6ccccc6)c5)c34)c2)cc1. The van der Waals surface area contributed by atoms with Gasteiger partial charge in [0.25, 0.3) is 0 Å². The van der Waals surface area contributed by atoms with Gasteiger partial charge in [0.15, 0.2) is 0 Å². The first-order valence-electron chi connectivity index (χ1n) is 23.1. The van der Waals surface area contributed by atoms with E-state index in [4.69, 9.17) is 0 Å². The fourth-order valence-electron chi connectivity index (χ4n) is 13.2. The third kappa shape index (κ3) is 4.62. The van der Waals surface area contributed by atoms with Gasteiger partial charge in [-0.2, -0.15) is 0 Å². The molecule has 302 valence electrons. The van der Waals surface area contributed by atoms with Gasteiger partial charge in [-0.05, 0) is 125 Å². The Morgan fingerprint density at radius 2 is 1.02 bits per heavy atom. The van der Waals surface area contributed by atoms with Crippen molar-refractivity contribution in [3.05, 3.63) is 269 Å². The van der Waals surface area contributed by atoms with Crippen LogP contribution >= 0.6 is 0 Å². The van der Waals surface area contributed by atoms with Crippen LogP contribution in [-0.4, -0.2) is 4.57 Å². The minimum atomic E-state index is -0.551. The van der Waals surface area contributed by atoms with Crippen molar-refractivity contribution in [2.75, 3.05) is 0 Å². The van der Waals surface area contributed by atoms with Crippen LogP contribution in [0.1, 0.15) is 56.3 Å². The van der Waals surface area contributed by atoms with Crippen LogP contribution in [0.5, 0.6) is 0 Å². The van der Waals surface area contributed by atoms with E-state index in [1.165, 1.54) is 128 Å². The molecule has 4 aliphatic carbocycles. The first-order chi connectivity index (χ1) is 32.3. The van der Waals surface area contributed by atoms with E-state index in [0.717, 1.165) is 6.42 Å². The number of hydrogen-bond acceptors (Lipinski definition) is 0. The fraction of sp³-hybridized carbons (Fsp3) is 0.0625. The molecule has 15 rings (SSSR count). The molecule has 2 bridgehead atoms. The van der Waals surface area contributed by atoms with E-state index in [0.29, 0.717) is 0 Å². The molecule has 1 heterocycles. The van der Waals surface area contributed by atoms with E-state index in [1.807, 2.05) is 0 Å². The normalized spacial score (nSPS) is 17.8. The molecule has 0 radical (unpaired) electrons. The number of rotatable bonds is 4. The maximum atomic E-state index is 2.66. The number of para-hydroxylation sites is 1. The number of benzene rings is 10. The Bertz CT molecular complexity index is 3810. The Morgan fingerprint density at radius 3 is 1.86 bits per heavy atom. The largest absolute Gasteiger partial charge is 0.309 e. The van der Waals surface area contributed by atoms with Crippen molar-refractivity contribution in [2.45, 2.75) is 23.7 Å². The maximum Gasteiger partial charge on any atom is 0.0749 e. The predicted molar refractivity (Wildman–Crippen MR) is 268 cm³/mol. The monoisotopic (exact) mass is 823 g/mol. The maximum absolute atomic E-state index is 2.66. The summed E-state index contributed by atoms with van der Waals surface area (Å²) in [5.74, 6) is 0.323. The van der Waals surface area contributed by atoms with Crippen molar-refractivity contribution in [2.24, 2.45) is 0 Å². The molecule has 1 spiro atoms. The molecule has 3 atom stereocenters. The zero-order valence-corrected chi connectivity index (χ0v) is 35.7. The van der Waals surface area contributed by atoms with Crippen molar-refractivity contribution in [1.82, 2.24) is 4.57 Å². The van der Waals surface area contributed by atoms with Gasteiger partial charge in [0.05, 0.1) is 16.4 Å². The minimum absolute atomic E-state index is 0.122. The summed E-state index contributed by atoms with van der Waals surface area (Å²) in [4.78, 5) is 0. The zero-order valence-electron chi connectivity index (χ0n) is 35.7. The Balaban J connectivity index is 1.09. The van der Waals surface area contributed by atoms with E-state index >= 15 is 0 Å². The van der Waals surface area contributed by atoms with Gasteiger partial charge in [-0.1, -0.05) is 206 Å². The Labute approximate surface area is 378 Å². The van der Waals surface area contributed by atoms with Gasteiger partial charge >= 0.3 is 0 Å². The van der Waals surface area contributed by atoms with Gasteiger partial charge in [-0.15, -0.1) is 0 Å². The highest BCUT2D eigenvalue weighted by Gasteiger charge is 2.57. The van der Waals surface area contributed by atoms with Crippen LogP contribution in [0.4, 0.5) is 0 Å². The molecule has 3 unspecified atom stereocenters. The van der Waals surface area contributed by atoms with Crippen molar-refractivity contribution in [1.29, 1.82) is 0 Å². The lowest BCUT2D eigenvalue weighted by atomic mass is 9.67. The van der Waals surface area contributed by atoms with E-state index < -0.39 is 5.41 Å². The average molecular weight is 824 g/mol. The van der Waals surface area contributed by atoms with Gasteiger partial charge in [-0.3, -0.25) is 0 Å². The molecule has 4 aliphatic rings. The lowest BCUT2D eigenvalue weighted by Gasteiger charge is -2.34. The summed E-state index contributed by atoms with van der Waals surface area (Å²) in [6.07, 6.45) is 0.951. The van der Waals surface area contributed by atoms with Crippen LogP contribution in [0.15, 0.2) is 224 Å². The molecule has 1 heteroatoms. The molecular formula is C64H41N. The minimum Gasteiger partial charge on any atom is -0.309 e. The van der Waals surface area contributed by atoms with Crippen molar-refractivity contribution in [3.8, 4) is 61.3 Å². The fourth-order valence-corrected chi connectivity index (χ4v) is 13.2. The second-order valence-corrected chi connectivity index (χ2v) is 18.6. The van der Waals surface area contributed by atoms with Crippen molar-refractivity contribution in [3.63, 3.8) is 0 Å². The molecule has 0 fully saturated rings. The molecular weight excluding hydrogens is 783 g/mol. The van der Waals surface area contributed by atoms with Crippen LogP contribution in [0.3, 0.4) is 0 Å². The molecule has 10 aromatic carbocycles. The third-order valence-electron chi connectivity index (χ3n) is 15.6. The summed E-state index contributed by atoms with van der Waals surface area (Å²) in [5, 5.41) is 2.57. The molecule has 1 nitrogen and oxygen atoms in total. The zero-order chi connectivity index (χ0) is 42.4. The van der Waals surface area contributed by atoms with Gasteiger partial charge in [-0.25, -0.2) is 0 Å². The molecule has 1 aromatic heterocycles. The summed E-state index contributed by atoms with van der Waals surface area (Å²) >= 11 is 0. The number of nitrogens with zero attached hydrogens (tertiary/aromatic N) is 1. The summed E-state index contributed by atoms with van der Waals surface area (Å²) in [5.41, 5.74) is 27.7. The average Bonchev–Trinajstić information content (AvgIpc) is 3.92. The number of fused-ring (bicyclic) bond motifs is 12. The van der Waals surface area contributed by atoms with Crippen molar-refractivity contribution >= 4 is 21.8 Å². The summed E-state index contributed by atoms with van der Waals surface area (Å²) in [7, 11) is 0. The van der Waals surface area contributed by atoms with E-state index in [2.05, 4.69) is 229 Å². The molecule has 0 N–H and O–H groups in total. The van der Waals surface area contributed by atoms with Gasteiger partial charge in [0, 0.05) is 27.9 Å². The van der Waals surface area contributed by atoms with Crippen LogP contribution in [-0.2, 0) is 11.8 Å². The van der Waals surface area contributed by atoms with Crippen molar-refractivity contribution < 1.29 is 0 Å².